The predicted octanol–water partition coefficient (Wildman–Crippen LogP) is 10.9. The first-order chi connectivity index (χ1) is 34.5. The van der Waals surface area contributed by atoms with Gasteiger partial charge in [-0.05, 0) is 125 Å². The smallest absolute Gasteiger partial charge is 0.407 e. The fourth-order valence-electron chi connectivity index (χ4n) is 12.3. The molecule has 4 N–H and O–H groups in total. The number of aromatic amines is 2. The van der Waals surface area contributed by atoms with E-state index < -0.39 is 24.3 Å². The van der Waals surface area contributed by atoms with Gasteiger partial charge in [0.25, 0.3) is 5.91 Å². The molecule has 3 saturated carbocycles. The number of hydrogen-bond donors (Lipinski definition) is 4. The van der Waals surface area contributed by atoms with Gasteiger partial charge in [-0.1, -0.05) is 106 Å². The van der Waals surface area contributed by atoms with Gasteiger partial charge < -0.3 is 39.9 Å². The van der Waals surface area contributed by atoms with E-state index in [4.69, 9.17) is 19.4 Å². The Morgan fingerprint density at radius 1 is 0.690 bits per heavy atom. The molecule has 5 fully saturated rings. The van der Waals surface area contributed by atoms with E-state index in [1.54, 1.807) is 0 Å². The number of benzene rings is 4. The van der Waals surface area contributed by atoms with Crippen molar-refractivity contribution < 1.29 is 28.7 Å². The van der Waals surface area contributed by atoms with Crippen LogP contribution in [0.5, 0.6) is 0 Å². The lowest BCUT2D eigenvalue weighted by atomic mass is 9.83. The Balaban J connectivity index is 0.779. The van der Waals surface area contributed by atoms with Crippen LogP contribution in [0.4, 0.5) is 9.59 Å². The van der Waals surface area contributed by atoms with E-state index in [-0.39, 0.29) is 47.2 Å². The zero-order valence-electron chi connectivity index (χ0n) is 41.1. The Morgan fingerprint density at radius 3 is 2.00 bits per heavy atom. The number of H-pyrrole nitrogens is 2. The number of fused-ring (bicyclic) bond motifs is 3. The number of rotatable bonds is 12. The van der Waals surface area contributed by atoms with Crippen molar-refractivity contribution in [1.82, 2.24) is 40.4 Å². The third-order valence-corrected chi connectivity index (χ3v) is 16.5. The highest BCUT2D eigenvalue weighted by Crippen LogP contribution is 2.58. The maximum Gasteiger partial charge on any atom is 0.407 e. The van der Waals surface area contributed by atoms with E-state index in [1.807, 2.05) is 48.2 Å². The molecule has 6 aromatic rings. The molecule has 0 radical (unpaired) electrons. The molecule has 6 atom stereocenters. The van der Waals surface area contributed by atoms with Crippen LogP contribution in [-0.2, 0) is 19.1 Å². The summed E-state index contributed by atoms with van der Waals surface area (Å²) >= 11 is 0. The van der Waals surface area contributed by atoms with E-state index >= 15 is 0 Å². The number of ether oxygens (including phenoxy) is 2. The SMILES string of the molecule is COC(=O)N[C@H](C(=O)N1[C@@H]2CC[C@@H](C2)[C@H]1c1ncc(-c2ccc(-c3ccc4cc(-c5cnc([C@@H]6CC7(CC7)CN6C(=O)[C@@H](NC(=O)OC)C(C)C)[nH]5)ccc4c3)cc2)[nH]1)c1ccc(C2CCCCC2)cc1. The van der Waals surface area contributed by atoms with E-state index in [0.29, 0.717) is 12.5 Å². The number of methoxy groups -OCH3 is 2. The zero-order valence-corrected chi connectivity index (χ0v) is 41.1. The van der Waals surface area contributed by atoms with E-state index in [9.17, 15) is 19.2 Å². The van der Waals surface area contributed by atoms with Crippen LogP contribution in [0.1, 0.15) is 131 Å². The van der Waals surface area contributed by atoms with Crippen molar-refractivity contribution in [2.75, 3.05) is 20.8 Å². The summed E-state index contributed by atoms with van der Waals surface area (Å²) in [6, 6.07) is 27.7. The Hall–Kier alpha value is -6.96. The van der Waals surface area contributed by atoms with Gasteiger partial charge in [0.15, 0.2) is 0 Å². The van der Waals surface area contributed by atoms with Crippen LogP contribution in [0.3, 0.4) is 0 Å². The van der Waals surface area contributed by atoms with Crippen molar-refractivity contribution in [3.8, 4) is 33.6 Å². The molecule has 14 nitrogen and oxygen atoms in total. The predicted molar refractivity (Wildman–Crippen MR) is 271 cm³/mol. The average Bonchev–Trinajstić information content (AvgIpc) is 4.05. The van der Waals surface area contributed by atoms with Gasteiger partial charge in [-0.3, -0.25) is 9.59 Å². The van der Waals surface area contributed by atoms with E-state index in [1.165, 1.54) is 51.9 Å². The zero-order chi connectivity index (χ0) is 49.0. The highest BCUT2D eigenvalue weighted by Gasteiger charge is 2.55. The van der Waals surface area contributed by atoms with Crippen molar-refractivity contribution in [2.24, 2.45) is 17.3 Å². The Morgan fingerprint density at radius 2 is 1.31 bits per heavy atom. The number of piperidine rings is 1. The van der Waals surface area contributed by atoms with Gasteiger partial charge in [0.1, 0.15) is 23.7 Å². The highest BCUT2D eigenvalue weighted by molar-refractivity contribution is 5.91. The number of imidazole rings is 2. The maximum absolute atomic E-state index is 14.7. The average molecular weight is 957 g/mol. The first kappa shape index (κ1) is 46.4. The number of nitrogens with one attached hydrogen (secondary N) is 4. The molecular formula is C57H64N8O6. The number of likely N-dealkylation sites (tertiary alicyclic amines) is 2. The second-order valence-electron chi connectivity index (χ2n) is 21.2. The van der Waals surface area contributed by atoms with Crippen LogP contribution in [-0.4, -0.2) is 86.6 Å². The number of amides is 4. The summed E-state index contributed by atoms with van der Waals surface area (Å²) in [5.74, 6) is 1.99. The standard InChI is InChI=1S/C57H64N8O6/c1-33(2)48(62-55(68)70-3)53(66)64-32-57(24-25-57)29-47(64)51-58-31-46(60-51)42-21-20-40-26-39(18-19-41(40)27-42)36-10-14-37(15-11-36)45-30-59-52(61-45)50-43-22-23-44(28-43)65(50)54(67)49(63-56(69)71-4)38-16-12-35(13-17-38)34-8-6-5-7-9-34/h10-21,26-27,30-31,33-34,43-44,47-50H,5-9,22-25,28-29,32H2,1-4H3,(H,58,60)(H,59,61)(H,62,68)(H,63,69)/t43-,44+,47-,48-,49-,50-/m0/s1. The van der Waals surface area contributed by atoms with Crippen molar-refractivity contribution in [1.29, 1.82) is 0 Å². The molecule has 4 aromatic carbocycles. The fraction of sp³-hybridized carbons (Fsp3) is 0.439. The molecule has 0 unspecified atom stereocenters. The van der Waals surface area contributed by atoms with Crippen LogP contribution in [0.2, 0.25) is 0 Å². The molecule has 368 valence electrons. The quantitative estimate of drug-likeness (QED) is 0.0937. The summed E-state index contributed by atoms with van der Waals surface area (Å²) < 4.78 is 9.86. The Labute approximate surface area is 414 Å². The maximum atomic E-state index is 14.7. The van der Waals surface area contributed by atoms with Crippen LogP contribution >= 0.6 is 0 Å². The van der Waals surface area contributed by atoms with Gasteiger partial charge in [-0.2, -0.15) is 0 Å². The lowest BCUT2D eigenvalue weighted by molar-refractivity contribution is -0.138. The molecule has 11 rings (SSSR count). The largest absolute Gasteiger partial charge is 0.453 e. The van der Waals surface area contributed by atoms with E-state index in [2.05, 4.69) is 93.4 Å². The van der Waals surface area contributed by atoms with Gasteiger partial charge in [-0.15, -0.1) is 0 Å². The van der Waals surface area contributed by atoms with Gasteiger partial charge in [0.05, 0.1) is 50.1 Å². The minimum atomic E-state index is -0.875. The van der Waals surface area contributed by atoms with Crippen molar-refractivity contribution in [3.63, 3.8) is 0 Å². The summed E-state index contributed by atoms with van der Waals surface area (Å²) in [6.45, 7) is 4.52. The second-order valence-corrected chi connectivity index (χ2v) is 21.2. The minimum Gasteiger partial charge on any atom is -0.453 e. The van der Waals surface area contributed by atoms with Gasteiger partial charge in [0, 0.05) is 18.2 Å². The third kappa shape index (κ3) is 9.06. The Kier molecular flexibility index (Phi) is 12.4. The molecule has 4 amide bonds. The third-order valence-electron chi connectivity index (χ3n) is 16.5. The number of carbonyl (C=O) groups is 4. The first-order valence-electron chi connectivity index (χ1n) is 25.6. The molecule has 71 heavy (non-hydrogen) atoms. The summed E-state index contributed by atoms with van der Waals surface area (Å²) in [6.07, 6.45) is 14.5. The summed E-state index contributed by atoms with van der Waals surface area (Å²) in [4.78, 5) is 74.4. The summed E-state index contributed by atoms with van der Waals surface area (Å²) in [5.41, 5.74) is 8.12. The summed E-state index contributed by atoms with van der Waals surface area (Å²) in [7, 11) is 2.64. The van der Waals surface area contributed by atoms with Crippen LogP contribution < -0.4 is 10.6 Å². The molecule has 2 saturated heterocycles. The van der Waals surface area contributed by atoms with Gasteiger partial charge >= 0.3 is 12.2 Å². The van der Waals surface area contributed by atoms with Crippen LogP contribution in [0.25, 0.3) is 44.4 Å². The molecule has 2 bridgehead atoms. The minimum absolute atomic E-state index is 0.0741. The van der Waals surface area contributed by atoms with Crippen molar-refractivity contribution >= 4 is 34.8 Å². The number of aromatic nitrogens is 4. The van der Waals surface area contributed by atoms with E-state index in [0.717, 1.165) is 100 Å². The normalized spacial score (nSPS) is 22.2. The number of hydrogen-bond acceptors (Lipinski definition) is 8. The molecule has 4 heterocycles. The number of alkyl carbamates (subject to hydrolysis) is 2. The van der Waals surface area contributed by atoms with Crippen molar-refractivity contribution in [2.45, 2.75) is 121 Å². The fourth-order valence-corrected chi connectivity index (χ4v) is 12.3. The van der Waals surface area contributed by atoms with Crippen molar-refractivity contribution in [3.05, 3.63) is 120 Å². The first-order valence-corrected chi connectivity index (χ1v) is 25.6. The lowest BCUT2D eigenvalue weighted by Crippen LogP contribution is -2.51. The molecule has 14 heteroatoms. The lowest BCUT2D eigenvalue weighted by Gasteiger charge is -2.36. The molecular weight excluding hydrogens is 893 g/mol. The Bertz CT molecular complexity index is 2950. The molecule has 3 aliphatic carbocycles. The molecule has 2 aliphatic heterocycles. The van der Waals surface area contributed by atoms with Crippen LogP contribution in [0.15, 0.2) is 97.3 Å². The number of carbonyl (C=O) groups excluding carboxylic acids is 4. The summed E-state index contributed by atoms with van der Waals surface area (Å²) in [5, 5.41) is 7.85. The molecule has 1 spiro atoms. The van der Waals surface area contributed by atoms with Gasteiger partial charge in [-0.25, -0.2) is 19.6 Å². The molecule has 5 aliphatic rings. The topological polar surface area (TPSA) is 175 Å². The monoisotopic (exact) mass is 956 g/mol. The van der Waals surface area contributed by atoms with Gasteiger partial charge in [0.2, 0.25) is 5.91 Å². The van der Waals surface area contributed by atoms with Crippen LogP contribution in [0, 0.1) is 17.3 Å². The highest BCUT2D eigenvalue weighted by atomic mass is 16.5. The number of nitrogens with zero attached hydrogens (tertiary/aromatic N) is 4. The molecule has 2 aromatic heterocycles. The second kappa shape index (κ2) is 19.0.